The fourth-order valence-electron chi connectivity index (χ4n) is 0.580. The Kier molecular flexibility index (Phi) is 1.38. The molecule has 0 aromatic rings. The summed E-state index contributed by atoms with van der Waals surface area (Å²) >= 11 is 0. The van der Waals surface area contributed by atoms with Gasteiger partial charge in [0.1, 0.15) is 6.54 Å². The Labute approximate surface area is 52.4 Å². The molecule has 0 aromatic carbocycles. The third-order valence-electron chi connectivity index (χ3n) is 1.15. The number of carbonyl (C=O) groups is 2. The van der Waals surface area contributed by atoms with Crippen LogP contribution in [-0.4, -0.2) is 37.0 Å². The van der Waals surface area contributed by atoms with Crippen LogP contribution < -0.4 is 0 Å². The summed E-state index contributed by atoms with van der Waals surface area (Å²) in [5.74, 6) is -0.480. The number of likely N-dealkylation sites (N-methyl/N-ethyl adjacent to an activating group) is 1. The van der Waals surface area contributed by atoms with Gasteiger partial charge in [-0.3, -0.25) is 9.59 Å². The Hall–Kier alpha value is -1.06. The number of cyclic esters (lactones) is 1. The highest BCUT2D eigenvalue weighted by Gasteiger charge is 2.20. The van der Waals surface area contributed by atoms with Crippen molar-refractivity contribution in [2.45, 2.75) is 0 Å². The van der Waals surface area contributed by atoms with Crippen molar-refractivity contribution in [2.75, 3.05) is 20.2 Å². The van der Waals surface area contributed by atoms with E-state index in [1.54, 1.807) is 7.05 Å². The molecule has 0 aromatic heterocycles. The summed E-state index contributed by atoms with van der Waals surface area (Å²) < 4.78 is 4.43. The Bertz CT molecular complexity index is 154. The van der Waals surface area contributed by atoms with Gasteiger partial charge in [-0.05, 0) is 0 Å². The summed E-state index contributed by atoms with van der Waals surface area (Å²) in [5, 5.41) is 0. The van der Waals surface area contributed by atoms with Crippen LogP contribution in [0.15, 0.2) is 0 Å². The van der Waals surface area contributed by atoms with Gasteiger partial charge in [0.15, 0.2) is 6.61 Å². The van der Waals surface area contributed by atoms with Gasteiger partial charge in [0.2, 0.25) is 0 Å². The van der Waals surface area contributed by atoms with E-state index in [4.69, 9.17) is 0 Å². The molecule has 1 rings (SSSR count). The van der Waals surface area contributed by atoms with Gasteiger partial charge in [-0.2, -0.15) is 0 Å². The van der Waals surface area contributed by atoms with Gasteiger partial charge >= 0.3 is 5.97 Å². The van der Waals surface area contributed by atoms with Crippen molar-refractivity contribution in [1.29, 1.82) is 0 Å². The van der Waals surface area contributed by atoms with Crippen molar-refractivity contribution in [3.63, 3.8) is 0 Å². The van der Waals surface area contributed by atoms with Crippen LogP contribution in [0.4, 0.5) is 0 Å². The van der Waals surface area contributed by atoms with Crippen LogP contribution in [0.2, 0.25) is 0 Å². The lowest BCUT2D eigenvalue weighted by Crippen LogP contribution is -2.41. The number of amides is 1. The van der Waals surface area contributed by atoms with Crippen molar-refractivity contribution >= 4 is 11.9 Å². The maximum Gasteiger partial charge on any atom is 0.326 e. The fourth-order valence-corrected chi connectivity index (χ4v) is 0.580. The number of rotatable bonds is 0. The number of nitrogens with zero attached hydrogens (tertiary/aromatic N) is 1. The molecule has 0 spiro atoms. The summed E-state index contributed by atoms with van der Waals surface area (Å²) in [6.07, 6.45) is 0. The first-order valence-electron chi connectivity index (χ1n) is 2.60. The number of hydrogen-bond acceptors (Lipinski definition) is 3. The molecule has 0 N–H and O–H groups in total. The van der Waals surface area contributed by atoms with E-state index in [-0.39, 0.29) is 25.0 Å². The van der Waals surface area contributed by atoms with Crippen molar-refractivity contribution in [3.05, 3.63) is 0 Å². The summed E-state index contributed by atoms with van der Waals surface area (Å²) in [7, 11) is 1.57. The molecule has 50 valence electrons. The predicted molar refractivity (Wildman–Crippen MR) is 28.6 cm³/mol. The second-order valence-corrected chi connectivity index (χ2v) is 1.91. The quantitative estimate of drug-likeness (QED) is 0.394. The van der Waals surface area contributed by atoms with Crippen LogP contribution in [-0.2, 0) is 14.3 Å². The third kappa shape index (κ3) is 1.19. The SMILES string of the molecule is CN1CC(=O)OCC1=O. The molecule has 0 bridgehead atoms. The maximum absolute atomic E-state index is 10.6. The highest BCUT2D eigenvalue weighted by atomic mass is 16.5. The van der Waals surface area contributed by atoms with Gasteiger partial charge in [0.25, 0.3) is 5.91 Å². The van der Waals surface area contributed by atoms with Gasteiger partial charge in [-0.25, -0.2) is 0 Å². The fraction of sp³-hybridized carbons (Fsp3) is 0.600. The maximum atomic E-state index is 10.6. The van der Waals surface area contributed by atoms with Crippen LogP contribution in [0.3, 0.4) is 0 Å². The van der Waals surface area contributed by atoms with E-state index in [0.29, 0.717) is 0 Å². The third-order valence-corrected chi connectivity index (χ3v) is 1.15. The second kappa shape index (κ2) is 2.05. The topological polar surface area (TPSA) is 46.6 Å². The van der Waals surface area contributed by atoms with E-state index in [9.17, 15) is 9.59 Å². The van der Waals surface area contributed by atoms with Crippen molar-refractivity contribution in [3.8, 4) is 0 Å². The van der Waals surface area contributed by atoms with E-state index < -0.39 is 0 Å². The molecule has 9 heavy (non-hydrogen) atoms. The lowest BCUT2D eigenvalue weighted by Gasteiger charge is -2.20. The van der Waals surface area contributed by atoms with Crippen LogP contribution in [0.5, 0.6) is 0 Å². The van der Waals surface area contributed by atoms with Crippen LogP contribution in [0.1, 0.15) is 0 Å². The number of carbonyl (C=O) groups excluding carboxylic acids is 2. The van der Waals surface area contributed by atoms with E-state index >= 15 is 0 Å². The molecule has 0 atom stereocenters. The standard InChI is InChI=1S/C5H7NO3/c1-6-2-5(8)9-3-4(6)7/h2-3H2,1H3. The van der Waals surface area contributed by atoms with Gasteiger partial charge in [0, 0.05) is 7.05 Å². The first-order valence-corrected chi connectivity index (χ1v) is 2.60. The number of hydrogen-bond donors (Lipinski definition) is 0. The predicted octanol–water partition coefficient (Wildman–Crippen LogP) is -0.998. The van der Waals surface area contributed by atoms with Crippen molar-refractivity contribution in [2.24, 2.45) is 0 Å². The molecule has 1 heterocycles. The molecule has 1 saturated heterocycles. The number of morpholine rings is 1. The monoisotopic (exact) mass is 129 g/mol. The summed E-state index contributed by atoms with van der Waals surface area (Å²) in [4.78, 5) is 22.3. The Morgan fingerprint density at radius 2 is 2.22 bits per heavy atom. The molecule has 1 amide bonds. The molecule has 4 nitrogen and oxygen atoms in total. The minimum absolute atomic E-state index is 0.0822. The average molecular weight is 129 g/mol. The van der Waals surface area contributed by atoms with E-state index in [1.165, 1.54) is 4.90 Å². The van der Waals surface area contributed by atoms with Crippen molar-refractivity contribution < 1.29 is 14.3 Å². The van der Waals surface area contributed by atoms with Crippen LogP contribution in [0, 0.1) is 0 Å². The lowest BCUT2D eigenvalue weighted by molar-refractivity contribution is -0.161. The molecule has 0 radical (unpaired) electrons. The highest BCUT2D eigenvalue weighted by molar-refractivity contribution is 5.87. The van der Waals surface area contributed by atoms with E-state index in [2.05, 4.69) is 4.74 Å². The zero-order valence-corrected chi connectivity index (χ0v) is 5.09. The molecule has 0 unspecified atom stereocenters. The van der Waals surface area contributed by atoms with Gasteiger partial charge in [-0.1, -0.05) is 0 Å². The Balaban J connectivity index is 2.54. The molecule has 0 aliphatic carbocycles. The van der Waals surface area contributed by atoms with Gasteiger partial charge < -0.3 is 9.64 Å². The van der Waals surface area contributed by atoms with Gasteiger partial charge in [0.05, 0.1) is 0 Å². The molecular weight excluding hydrogens is 122 g/mol. The van der Waals surface area contributed by atoms with E-state index in [1.807, 2.05) is 0 Å². The van der Waals surface area contributed by atoms with E-state index in [0.717, 1.165) is 0 Å². The second-order valence-electron chi connectivity index (χ2n) is 1.91. The zero-order chi connectivity index (χ0) is 6.85. The molecule has 1 aliphatic heterocycles. The first-order chi connectivity index (χ1) is 4.20. The highest BCUT2D eigenvalue weighted by Crippen LogP contribution is 1.94. The van der Waals surface area contributed by atoms with Gasteiger partial charge in [-0.15, -0.1) is 0 Å². The van der Waals surface area contributed by atoms with Crippen molar-refractivity contribution in [1.82, 2.24) is 4.90 Å². The molecular formula is C5H7NO3. The summed E-state index contributed by atoms with van der Waals surface area (Å²) in [6, 6.07) is 0. The summed E-state index contributed by atoms with van der Waals surface area (Å²) in [6.45, 7) is -0.0197. The molecule has 4 heteroatoms. The first kappa shape index (κ1) is 6.07. The van der Waals surface area contributed by atoms with Crippen LogP contribution >= 0.6 is 0 Å². The Morgan fingerprint density at radius 3 is 2.67 bits per heavy atom. The largest absolute Gasteiger partial charge is 0.454 e. The molecule has 0 saturated carbocycles. The minimum atomic E-state index is -0.336. The molecule has 1 aliphatic rings. The zero-order valence-electron chi connectivity index (χ0n) is 5.09. The Morgan fingerprint density at radius 1 is 1.56 bits per heavy atom. The van der Waals surface area contributed by atoms with Crippen LogP contribution in [0.25, 0.3) is 0 Å². The minimum Gasteiger partial charge on any atom is -0.454 e. The summed E-state index contributed by atoms with van der Waals surface area (Å²) in [5.41, 5.74) is 0. The smallest absolute Gasteiger partial charge is 0.326 e. The molecule has 1 fully saturated rings. The number of ether oxygens (including phenoxy) is 1. The lowest BCUT2D eigenvalue weighted by atomic mass is 10.4. The average Bonchev–Trinajstić information content (AvgIpc) is 1.80. The number of esters is 1. The normalized spacial score (nSPS) is 19.9.